The number of carbonyl (C=O) groups is 3. The molecular weight excluding hydrogens is 524 g/mol. The van der Waals surface area contributed by atoms with Gasteiger partial charge in [0.2, 0.25) is 11.6 Å². The molecule has 0 unspecified atom stereocenters. The van der Waals surface area contributed by atoms with E-state index in [9.17, 15) is 29.7 Å². The lowest BCUT2D eigenvalue weighted by Gasteiger charge is -2.45. The third-order valence-electron chi connectivity index (χ3n) is 10.8. The maximum Gasteiger partial charge on any atom is 0.339 e. The second kappa shape index (κ2) is 7.62. The summed E-state index contributed by atoms with van der Waals surface area (Å²) in [5.41, 5.74) is -4.05. The summed E-state index contributed by atoms with van der Waals surface area (Å²) in [6.07, 6.45) is 0.861. The predicted octanol–water partition coefficient (Wildman–Crippen LogP) is 1.17. The van der Waals surface area contributed by atoms with E-state index in [0.29, 0.717) is 24.2 Å². The number of esters is 2. The zero-order chi connectivity index (χ0) is 28.8. The van der Waals surface area contributed by atoms with Crippen LogP contribution in [0.1, 0.15) is 66.7 Å². The van der Waals surface area contributed by atoms with Crippen molar-refractivity contribution in [2.75, 3.05) is 0 Å². The Morgan fingerprint density at radius 3 is 2.52 bits per heavy atom. The van der Waals surface area contributed by atoms with E-state index < -0.39 is 81.8 Å². The zero-order valence-corrected chi connectivity index (χ0v) is 23.3. The fourth-order valence-electron chi connectivity index (χ4n) is 9.33. The largest absolute Gasteiger partial charge is 0.454 e. The Hall–Kier alpha value is -2.15. The van der Waals surface area contributed by atoms with Gasteiger partial charge in [0.15, 0.2) is 11.7 Å². The highest BCUT2D eigenvalue weighted by Crippen LogP contribution is 2.71. The van der Waals surface area contributed by atoms with Gasteiger partial charge in [-0.05, 0) is 52.2 Å². The number of carbonyl (C=O) groups excluding carboxylic acids is 3. The summed E-state index contributed by atoms with van der Waals surface area (Å²) in [7, 11) is 0. The van der Waals surface area contributed by atoms with Gasteiger partial charge in [-0.2, -0.15) is 0 Å². The molecule has 11 heteroatoms. The average molecular weight is 561 g/mol. The molecule has 7 rings (SSSR count). The highest BCUT2D eigenvalue weighted by Gasteiger charge is 2.85. The molecule has 0 radical (unpaired) electrons. The van der Waals surface area contributed by atoms with Crippen LogP contribution in [0.4, 0.5) is 0 Å². The van der Waals surface area contributed by atoms with Gasteiger partial charge in [0.25, 0.3) is 0 Å². The number of allylic oxidation sites excluding steroid dienone is 2. The molecule has 11 nitrogen and oxygen atoms in total. The summed E-state index contributed by atoms with van der Waals surface area (Å²) in [6, 6.07) is 0. The molecule has 1 aliphatic carbocycles. The number of rotatable bonds is 3. The van der Waals surface area contributed by atoms with Gasteiger partial charge in [-0.15, -0.1) is 0 Å². The number of ketones is 1. The van der Waals surface area contributed by atoms with E-state index in [1.54, 1.807) is 32.9 Å². The van der Waals surface area contributed by atoms with Crippen LogP contribution in [-0.4, -0.2) is 79.7 Å². The SMILES string of the molecule is CC1=CC(=C[C@H](C)C(=O)[C@@]2(C)CC[C@]34C[C@]56OC(=O)[C@H](O)[C@H]5OC(C)(C)[C@@H]6[C@@H]5C[C@H]3[C@](O)(O5)[C@](O)(C2)O4)OC1=O. The second-order valence-corrected chi connectivity index (χ2v) is 13.9. The Balaban J connectivity index is 1.27. The molecule has 0 amide bonds. The van der Waals surface area contributed by atoms with Gasteiger partial charge in [-0.25, -0.2) is 9.59 Å². The first-order valence-corrected chi connectivity index (χ1v) is 14.1. The van der Waals surface area contributed by atoms with Crippen molar-refractivity contribution >= 4 is 17.7 Å². The molecule has 0 aromatic rings. The van der Waals surface area contributed by atoms with Crippen LogP contribution in [0.3, 0.4) is 0 Å². The van der Waals surface area contributed by atoms with Crippen LogP contribution in [0, 0.1) is 23.2 Å². The van der Waals surface area contributed by atoms with E-state index in [1.165, 1.54) is 0 Å². The van der Waals surface area contributed by atoms with Crippen molar-refractivity contribution in [2.45, 2.75) is 113 Å². The Morgan fingerprint density at radius 2 is 1.85 bits per heavy atom. The molecule has 6 heterocycles. The Morgan fingerprint density at radius 1 is 1.12 bits per heavy atom. The fraction of sp³-hybridized carbons (Fsp3) is 0.759. The maximum atomic E-state index is 13.9. The normalized spacial score (nSPS) is 53.4. The van der Waals surface area contributed by atoms with Crippen LogP contribution < -0.4 is 0 Å². The van der Waals surface area contributed by atoms with Crippen molar-refractivity contribution in [3.63, 3.8) is 0 Å². The first-order valence-electron chi connectivity index (χ1n) is 14.1. The van der Waals surface area contributed by atoms with Crippen LogP contribution in [0.15, 0.2) is 23.5 Å². The summed E-state index contributed by atoms with van der Waals surface area (Å²) in [5.74, 6) is -7.30. The Kier molecular flexibility index (Phi) is 5.09. The molecule has 6 fully saturated rings. The number of Topliss-reactive ketones (excluding diaryl/α,β-unsaturated/α-hetero) is 1. The van der Waals surface area contributed by atoms with Gasteiger partial charge in [-0.1, -0.05) is 13.8 Å². The smallest absolute Gasteiger partial charge is 0.339 e. The third kappa shape index (κ3) is 3.08. The summed E-state index contributed by atoms with van der Waals surface area (Å²) >= 11 is 0. The number of aliphatic hydroxyl groups excluding tert-OH is 1. The molecule has 1 saturated carbocycles. The first kappa shape index (κ1) is 26.7. The minimum Gasteiger partial charge on any atom is -0.454 e. The molecule has 11 atom stereocenters. The van der Waals surface area contributed by atoms with Crippen molar-refractivity contribution in [3.05, 3.63) is 23.5 Å². The molecule has 40 heavy (non-hydrogen) atoms. The third-order valence-corrected chi connectivity index (χ3v) is 10.8. The predicted molar refractivity (Wildman–Crippen MR) is 133 cm³/mol. The number of ether oxygens (including phenoxy) is 5. The summed E-state index contributed by atoms with van der Waals surface area (Å²) in [6.45, 7) is 8.77. The molecule has 2 spiro atoms. The second-order valence-electron chi connectivity index (χ2n) is 13.9. The van der Waals surface area contributed by atoms with E-state index in [0.717, 1.165) is 0 Å². The molecule has 4 bridgehead atoms. The van der Waals surface area contributed by atoms with Crippen molar-refractivity contribution in [3.8, 4) is 0 Å². The average Bonchev–Trinajstić information content (AvgIpc) is 3.48. The van der Waals surface area contributed by atoms with Crippen LogP contribution in [0.25, 0.3) is 0 Å². The van der Waals surface area contributed by atoms with Gasteiger partial charge in [0, 0.05) is 29.7 Å². The van der Waals surface area contributed by atoms with E-state index in [-0.39, 0.29) is 25.0 Å². The topological polar surface area (TPSA) is 158 Å². The number of aliphatic hydroxyl groups is 3. The molecule has 7 aliphatic rings. The van der Waals surface area contributed by atoms with Crippen molar-refractivity contribution in [2.24, 2.45) is 23.2 Å². The highest BCUT2D eigenvalue weighted by molar-refractivity contribution is 5.93. The quantitative estimate of drug-likeness (QED) is 0.426. The fourth-order valence-corrected chi connectivity index (χ4v) is 9.33. The van der Waals surface area contributed by atoms with Gasteiger partial charge in [-0.3, -0.25) is 4.79 Å². The molecule has 0 aromatic carbocycles. The van der Waals surface area contributed by atoms with Gasteiger partial charge < -0.3 is 39.0 Å². The molecule has 6 aliphatic heterocycles. The molecule has 3 N–H and O–H groups in total. The van der Waals surface area contributed by atoms with Gasteiger partial charge in [0.05, 0.1) is 29.1 Å². The minimum atomic E-state index is -2.21. The monoisotopic (exact) mass is 560 g/mol. The Labute approximate surface area is 231 Å². The van der Waals surface area contributed by atoms with Crippen LogP contribution in [0.2, 0.25) is 0 Å². The summed E-state index contributed by atoms with van der Waals surface area (Å²) in [5, 5.41) is 34.9. The van der Waals surface area contributed by atoms with E-state index in [1.807, 2.05) is 13.8 Å². The lowest BCUT2D eigenvalue weighted by Crippen LogP contribution is -2.60. The van der Waals surface area contributed by atoms with Crippen LogP contribution in [-0.2, 0) is 38.1 Å². The number of hydrogen-bond acceptors (Lipinski definition) is 11. The maximum absolute atomic E-state index is 13.9. The Bertz CT molecular complexity index is 1300. The lowest BCUT2D eigenvalue weighted by molar-refractivity contribution is -0.361. The van der Waals surface area contributed by atoms with Gasteiger partial charge >= 0.3 is 11.9 Å². The summed E-state index contributed by atoms with van der Waals surface area (Å²) < 4.78 is 30.2. The van der Waals surface area contributed by atoms with Gasteiger partial charge in [0.1, 0.15) is 17.6 Å². The van der Waals surface area contributed by atoms with Crippen molar-refractivity contribution < 1.29 is 53.4 Å². The minimum absolute atomic E-state index is 0.0839. The van der Waals surface area contributed by atoms with E-state index in [4.69, 9.17) is 23.7 Å². The standard InChI is InChI=1S/C29H36O11/c1-13(8-15-9-14(2)22(32)36-15)20(31)25(5)6-7-26-12-27-19(24(3,4)38-21(27)18(30)23(33)39-27)16-10-17(26)29(35,37-16)28(34,11-25)40-26/h8-9,13,16-19,21,30,34-35H,6-7,10-12H2,1-5H3/t13-,16-,17+,18+,19-,21+,25-,26-,27+,28-,29-/m0/s1. The van der Waals surface area contributed by atoms with E-state index in [2.05, 4.69) is 0 Å². The van der Waals surface area contributed by atoms with Crippen LogP contribution in [0.5, 0.6) is 0 Å². The van der Waals surface area contributed by atoms with E-state index >= 15 is 0 Å². The molecule has 0 aromatic heterocycles. The van der Waals surface area contributed by atoms with Crippen molar-refractivity contribution in [1.82, 2.24) is 0 Å². The van der Waals surface area contributed by atoms with Crippen molar-refractivity contribution in [1.29, 1.82) is 0 Å². The molecule has 218 valence electrons. The molecular formula is C29H36O11. The number of fused-ring (bicyclic) bond motifs is 4. The summed E-state index contributed by atoms with van der Waals surface area (Å²) in [4.78, 5) is 38.4. The number of hydrogen-bond donors (Lipinski definition) is 3. The zero-order valence-electron chi connectivity index (χ0n) is 23.3. The first-order chi connectivity index (χ1) is 18.5. The lowest BCUT2D eigenvalue weighted by atomic mass is 9.63. The number of cyclic esters (lactones) is 1. The highest BCUT2D eigenvalue weighted by atomic mass is 16.8. The van der Waals surface area contributed by atoms with Crippen LogP contribution >= 0.6 is 0 Å². The molecule has 5 saturated heterocycles.